The second-order valence-electron chi connectivity index (χ2n) is 6.97. The van der Waals surface area contributed by atoms with Crippen LogP contribution in [0, 0.1) is 6.92 Å². The summed E-state index contributed by atoms with van der Waals surface area (Å²) in [6, 6.07) is 23.7. The summed E-state index contributed by atoms with van der Waals surface area (Å²) in [7, 11) is 0. The minimum Gasteiger partial charge on any atom is -0.482 e. The molecule has 0 aromatic heterocycles. The number of hydrogen-bond donors (Lipinski definition) is 1. The Morgan fingerprint density at radius 3 is 2.31 bits per heavy atom. The molecule has 3 aromatic rings. The van der Waals surface area contributed by atoms with E-state index in [1.165, 1.54) is 0 Å². The molecule has 1 N–H and O–H groups in total. The average Bonchev–Trinajstić information content (AvgIpc) is 2.74. The first-order valence-electron chi connectivity index (χ1n) is 9.81. The highest BCUT2D eigenvalue weighted by Crippen LogP contribution is 2.22. The molecule has 1 unspecified atom stereocenters. The fourth-order valence-electron chi connectivity index (χ4n) is 3.01. The standard InChI is InChI=1S/C25H25NO3/c1-3-8-23(24(27)19-9-5-4-6-10-19)29-22-12-7-11-21(17-22)26-25(28)20-15-13-18(2)14-16-20/h4-7,9-17,23H,3,8H2,1-2H3,(H,26,28). The largest absolute Gasteiger partial charge is 0.482 e. The highest BCUT2D eigenvalue weighted by molar-refractivity contribution is 6.04. The third-order valence-corrected chi connectivity index (χ3v) is 4.59. The van der Waals surface area contributed by atoms with Crippen LogP contribution in [-0.4, -0.2) is 17.8 Å². The van der Waals surface area contributed by atoms with Crippen LogP contribution in [0.1, 0.15) is 46.0 Å². The Balaban J connectivity index is 1.72. The molecule has 1 amide bonds. The van der Waals surface area contributed by atoms with Gasteiger partial charge in [-0.1, -0.05) is 67.4 Å². The first-order chi connectivity index (χ1) is 14.1. The van der Waals surface area contributed by atoms with E-state index in [2.05, 4.69) is 5.32 Å². The van der Waals surface area contributed by atoms with Crippen molar-refractivity contribution in [3.63, 3.8) is 0 Å². The number of nitrogens with one attached hydrogen (secondary N) is 1. The molecular weight excluding hydrogens is 362 g/mol. The molecule has 0 saturated heterocycles. The number of benzene rings is 3. The predicted molar refractivity (Wildman–Crippen MR) is 116 cm³/mol. The smallest absolute Gasteiger partial charge is 0.255 e. The maximum absolute atomic E-state index is 12.8. The number of anilines is 1. The summed E-state index contributed by atoms with van der Waals surface area (Å²) in [4.78, 5) is 25.3. The molecule has 0 aliphatic rings. The van der Waals surface area contributed by atoms with E-state index in [0.29, 0.717) is 29.0 Å². The van der Waals surface area contributed by atoms with Gasteiger partial charge in [-0.15, -0.1) is 0 Å². The van der Waals surface area contributed by atoms with Crippen molar-refractivity contribution in [1.82, 2.24) is 0 Å². The van der Waals surface area contributed by atoms with Crippen molar-refractivity contribution in [2.75, 3.05) is 5.32 Å². The van der Waals surface area contributed by atoms with E-state index in [-0.39, 0.29) is 11.7 Å². The van der Waals surface area contributed by atoms with E-state index in [4.69, 9.17) is 4.74 Å². The molecular formula is C25H25NO3. The van der Waals surface area contributed by atoms with Gasteiger partial charge in [0.25, 0.3) is 5.91 Å². The first-order valence-corrected chi connectivity index (χ1v) is 9.81. The summed E-state index contributed by atoms with van der Waals surface area (Å²) in [5.74, 6) is 0.323. The van der Waals surface area contributed by atoms with Gasteiger partial charge in [0, 0.05) is 22.9 Å². The monoisotopic (exact) mass is 387 g/mol. The maximum Gasteiger partial charge on any atom is 0.255 e. The first kappa shape index (κ1) is 20.3. The van der Waals surface area contributed by atoms with E-state index in [0.717, 1.165) is 12.0 Å². The summed E-state index contributed by atoms with van der Waals surface area (Å²) in [6.07, 6.45) is 0.881. The van der Waals surface area contributed by atoms with Gasteiger partial charge in [-0.3, -0.25) is 9.59 Å². The minimum atomic E-state index is -0.564. The Hall–Kier alpha value is -3.40. The van der Waals surface area contributed by atoms with Crippen LogP contribution in [0.2, 0.25) is 0 Å². The van der Waals surface area contributed by atoms with Crippen LogP contribution < -0.4 is 10.1 Å². The highest BCUT2D eigenvalue weighted by atomic mass is 16.5. The number of hydrogen-bond acceptors (Lipinski definition) is 3. The normalized spacial score (nSPS) is 11.5. The lowest BCUT2D eigenvalue weighted by Crippen LogP contribution is -2.27. The fourth-order valence-corrected chi connectivity index (χ4v) is 3.01. The van der Waals surface area contributed by atoms with Crippen molar-refractivity contribution in [1.29, 1.82) is 0 Å². The minimum absolute atomic E-state index is 0.0402. The molecule has 0 aliphatic carbocycles. The molecule has 0 radical (unpaired) electrons. The molecule has 0 aliphatic heterocycles. The number of amides is 1. The van der Waals surface area contributed by atoms with Gasteiger partial charge in [0.05, 0.1) is 0 Å². The zero-order valence-corrected chi connectivity index (χ0v) is 16.7. The van der Waals surface area contributed by atoms with E-state index in [1.54, 1.807) is 48.5 Å². The highest BCUT2D eigenvalue weighted by Gasteiger charge is 2.21. The van der Waals surface area contributed by atoms with Crippen molar-refractivity contribution < 1.29 is 14.3 Å². The Morgan fingerprint density at radius 1 is 0.897 bits per heavy atom. The molecule has 4 heteroatoms. The molecule has 148 valence electrons. The van der Waals surface area contributed by atoms with Crippen LogP contribution >= 0.6 is 0 Å². The van der Waals surface area contributed by atoms with Gasteiger partial charge < -0.3 is 10.1 Å². The zero-order chi connectivity index (χ0) is 20.6. The number of carbonyl (C=O) groups excluding carboxylic acids is 2. The Labute approximate surface area is 171 Å². The topological polar surface area (TPSA) is 55.4 Å². The second kappa shape index (κ2) is 9.69. The number of ether oxygens (including phenoxy) is 1. The van der Waals surface area contributed by atoms with Crippen LogP contribution in [0.3, 0.4) is 0 Å². The van der Waals surface area contributed by atoms with Gasteiger partial charge >= 0.3 is 0 Å². The third kappa shape index (κ3) is 5.55. The van der Waals surface area contributed by atoms with Crippen LogP contribution in [0.4, 0.5) is 5.69 Å². The van der Waals surface area contributed by atoms with Gasteiger partial charge in [0.15, 0.2) is 6.10 Å². The number of rotatable bonds is 8. The molecule has 1 atom stereocenters. The third-order valence-electron chi connectivity index (χ3n) is 4.59. The van der Waals surface area contributed by atoms with Crippen molar-refractivity contribution in [2.24, 2.45) is 0 Å². The van der Waals surface area contributed by atoms with Crippen molar-refractivity contribution in [3.8, 4) is 5.75 Å². The predicted octanol–water partition coefficient (Wildman–Crippen LogP) is 5.68. The lowest BCUT2D eigenvalue weighted by atomic mass is 10.0. The number of Topliss-reactive ketones (excluding diaryl/α,β-unsaturated/α-hetero) is 1. The van der Waals surface area contributed by atoms with Gasteiger partial charge in [-0.2, -0.15) is 0 Å². The lowest BCUT2D eigenvalue weighted by molar-refractivity contribution is 0.0777. The van der Waals surface area contributed by atoms with E-state index < -0.39 is 6.10 Å². The number of carbonyl (C=O) groups is 2. The van der Waals surface area contributed by atoms with Crippen LogP contribution in [0.25, 0.3) is 0 Å². The SMILES string of the molecule is CCCC(Oc1cccc(NC(=O)c2ccc(C)cc2)c1)C(=O)c1ccccc1. The summed E-state index contributed by atoms with van der Waals surface area (Å²) in [6.45, 7) is 4.00. The Morgan fingerprint density at radius 2 is 1.62 bits per heavy atom. The average molecular weight is 387 g/mol. The molecule has 3 rings (SSSR count). The maximum atomic E-state index is 12.8. The van der Waals surface area contributed by atoms with Crippen molar-refractivity contribution >= 4 is 17.4 Å². The van der Waals surface area contributed by atoms with Crippen molar-refractivity contribution in [2.45, 2.75) is 32.8 Å². The molecule has 0 fully saturated rings. The van der Waals surface area contributed by atoms with Crippen LogP contribution in [0.5, 0.6) is 5.75 Å². The molecule has 0 bridgehead atoms. The summed E-state index contributed by atoms with van der Waals surface area (Å²) in [5.41, 5.74) is 2.94. The van der Waals surface area contributed by atoms with Crippen LogP contribution in [0.15, 0.2) is 78.9 Å². The summed E-state index contributed by atoms with van der Waals surface area (Å²) >= 11 is 0. The number of ketones is 1. The second-order valence-corrected chi connectivity index (χ2v) is 6.97. The summed E-state index contributed by atoms with van der Waals surface area (Å²) in [5, 5.41) is 2.88. The fraction of sp³-hybridized carbons (Fsp3) is 0.200. The molecule has 3 aromatic carbocycles. The number of aryl methyl sites for hydroxylation is 1. The van der Waals surface area contributed by atoms with E-state index in [9.17, 15) is 9.59 Å². The van der Waals surface area contributed by atoms with Gasteiger partial charge in [0.2, 0.25) is 5.78 Å². The molecule has 29 heavy (non-hydrogen) atoms. The molecule has 0 saturated carbocycles. The molecule has 0 spiro atoms. The molecule has 4 nitrogen and oxygen atoms in total. The zero-order valence-electron chi connectivity index (χ0n) is 16.7. The Kier molecular flexibility index (Phi) is 6.80. The van der Waals surface area contributed by atoms with Crippen LogP contribution in [-0.2, 0) is 0 Å². The summed E-state index contributed by atoms with van der Waals surface area (Å²) < 4.78 is 6.01. The quantitative estimate of drug-likeness (QED) is 0.506. The van der Waals surface area contributed by atoms with E-state index >= 15 is 0 Å². The Bertz CT molecular complexity index is 965. The lowest BCUT2D eigenvalue weighted by Gasteiger charge is -2.18. The molecule has 0 heterocycles. The van der Waals surface area contributed by atoms with Gasteiger partial charge in [-0.25, -0.2) is 0 Å². The van der Waals surface area contributed by atoms with Gasteiger partial charge in [0.1, 0.15) is 5.75 Å². The van der Waals surface area contributed by atoms with Crippen molar-refractivity contribution in [3.05, 3.63) is 95.6 Å². The van der Waals surface area contributed by atoms with E-state index in [1.807, 2.05) is 44.2 Å². The van der Waals surface area contributed by atoms with Gasteiger partial charge in [-0.05, 0) is 37.6 Å².